The van der Waals surface area contributed by atoms with E-state index in [4.69, 9.17) is 4.42 Å². The van der Waals surface area contributed by atoms with Gasteiger partial charge < -0.3 is 9.32 Å². The molecule has 0 radical (unpaired) electrons. The van der Waals surface area contributed by atoms with Crippen LogP contribution >= 0.6 is 0 Å². The first kappa shape index (κ1) is 21.0. The maximum atomic E-state index is 6.15. The molecule has 0 aliphatic rings. The van der Waals surface area contributed by atoms with Gasteiger partial charge in [-0.05, 0) is 69.4 Å². The van der Waals surface area contributed by atoms with E-state index in [9.17, 15) is 0 Å². The molecule has 0 aliphatic heterocycles. The van der Waals surface area contributed by atoms with Crippen LogP contribution in [0.5, 0.6) is 0 Å². The number of para-hydroxylation sites is 2. The van der Waals surface area contributed by atoms with Crippen molar-refractivity contribution >= 4 is 71.3 Å². The third kappa shape index (κ3) is 3.14. The summed E-state index contributed by atoms with van der Waals surface area (Å²) < 4.78 is 6.15. The first-order valence-corrected chi connectivity index (χ1v) is 12.9. The molecule has 0 aliphatic carbocycles. The Morgan fingerprint density at radius 1 is 0.395 bits per heavy atom. The van der Waals surface area contributed by atoms with Gasteiger partial charge in [0.05, 0.1) is 5.69 Å². The summed E-state index contributed by atoms with van der Waals surface area (Å²) in [4.78, 5) is 2.37. The topological polar surface area (TPSA) is 16.4 Å². The van der Waals surface area contributed by atoms with E-state index >= 15 is 0 Å². The summed E-state index contributed by atoms with van der Waals surface area (Å²) in [5, 5.41) is 9.80. The van der Waals surface area contributed by atoms with E-state index in [0.717, 1.165) is 39.0 Å². The Bertz CT molecular complexity index is 2140. The average Bonchev–Trinajstić information content (AvgIpc) is 3.36. The molecule has 0 atom stereocenters. The Labute approximate surface area is 220 Å². The first-order valence-electron chi connectivity index (χ1n) is 12.9. The summed E-state index contributed by atoms with van der Waals surface area (Å²) in [5.41, 5.74) is 5.18. The minimum absolute atomic E-state index is 0.901. The van der Waals surface area contributed by atoms with Crippen LogP contribution in [0.15, 0.2) is 144 Å². The summed E-state index contributed by atoms with van der Waals surface area (Å²) in [5.74, 6) is 0. The fraction of sp³-hybridized carbons (Fsp3) is 0. The lowest BCUT2D eigenvalue weighted by atomic mass is 9.94. The largest absolute Gasteiger partial charge is 0.456 e. The van der Waals surface area contributed by atoms with Gasteiger partial charge in [0, 0.05) is 27.5 Å². The van der Waals surface area contributed by atoms with Crippen molar-refractivity contribution in [1.29, 1.82) is 0 Å². The second kappa shape index (κ2) is 8.22. The molecule has 178 valence electrons. The summed E-state index contributed by atoms with van der Waals surface area (Å²) in [6.07, 6.45) is 0. The number of furan rings is 1. The summed E-state index contributed by atoms with van der Waals surface area (Å²) >= 11 is 0. The van der Waals surface area contributed by atoms with Crippen molar-refractivity contribution < 1.29 is 4.42 Å². The van der Waals surface area contributed by atoms with E-state index in [0.29, 0.717) is 0 Å². The third-order valence-electron chi connectivity index (χ3n) is 7.60. The lowest BCUT2D eigenvalue weighted by molar-refractivity contribution is 0.669. The highest BCUT2D eigenvalue weighted by molar-refractivity contribution is 6.23. The number of benzene rings is 7. The van der Waals surface area contributed by atoms with E-state index in [1.165, 1.54) is 32.3 Å². The van der Waals surface area contributed by atoms with Crippen molar-refractivity contribution in [2.45, 2.75) is 0 Å². The number of nitrogens with zero attached hydrogens (tertiary/aromatic N) is 1. The zero-order chi connectivity index (χ0) is 25.1. The summed E-state index contributed by atoms with van der Waals surface area (Å²) in [7, 11) is 0. The van der Waals surface area contributed by atoms with Crippen LogP contribution in [0.2, 0.25) is 0 Å². The van der Waals surface area contributed by atoms with E-state index < -0.39 is 0 Å². The molecule has 0 bridgehead atoms. The smallest absolute Gasteiger partial charge is 0.135 e. The Balaban J connectivity index is 1.47. The van der Waals surface area contributed by atoms with Crippen LogP contribution in [-0.2, 0) is 0 Å². The molecule has 0 spiro atoms. The lowest BCUT2D eigenvalue weighted by Gasteiger charge is -2.27. The van der Waals surface area contributed by atoms with Gasteiger partial charge in [0.2, 0.25) is 0 Å². The van der Waals surface area contributed by atoms with Crippen molar-refractivity contribution in [2.24, 2.45) is 0 Å². The quantitative estimate of drug-likeness (QED) is 0.231. The van der Waals surface area contributed by atoms with Crippen LogP contribution in [-0.4, -0.2) is 0 Å². The number of hydrogen-bond donors (Lipinski definition) is 0. The van der Waals surface area contributed by atoms with Crippen molar-refractivity contribution in [3.05, 3.63) is 140 Å². The Kier molecular flexibility index (Phi) is 4.55. The normalized spacial score (nSPS) is 11.7. The van der Waals surface area contributed by atoms with E-state index in [2.05, 4.69) is 132 Å². The molecular formula is C36H23NO. The number of anilines is 3. The molecule has 1 aromatic heterocycles. The SMILES string of the molecule is c1ccc(N(c2ccc3oc4ccccc4c3c2)c2cc3ccc4ccccc4c3c3ccccc23)cc1. The van der Waals surface area contributed by atoms with Gasteiger partial charge in [0.25, 0.3) is 0 Å². The van der Waals surface area contributed by atoms with Gasteiger partial charge in [0.1, 0.15) is 11.2 Å². The molecule has 8 aromatic rings. The number of fused-ring (bicyclic) bond motifs is 8. The third-order valence-corrected chi connectivity index (χ3v) is 7.60. The summed E-state index contributed by atoms with van der Waals surface area (Å²) in [6.45, 7) is 0. The molecule has 8 rings (SSSR count). The van der Waals surface area contributed by atoms with E-state index in [-0.39, 0.29) is 0 Å². The monoisotopic (exact) mass is 485 g/mol. The van der Waals surface area contributed by atoms with E-state index in [1.54, 1.807) is 0 Å². The highest BCUT2D eigenvalue weighted by Gasteiger charge is 2.19. The van der Waals surface area contributed by atoms with Crippen LogP contribution in [0, 0.1) is 0 Å². The number of rotatable bonds is 3. The van der Waals surface area contributed by atoms with Gasteiger partial charge in [-0.3, -0.25) is 0 Å². The van der Waals surface area contributed by atoms with Gasteiger partial charge in [-0.1, -0.05) is 97.1 Å². The minimum atomic E-state index is 0.901. The lowest BCUT2D eigenvalue weighted by Crippen LogP contribution is -2.10. The van der Waals surface area contributed by atoms with Gasteiger partial charge in [-0.25, -0.2) is 0 Å². The fourth-order valence-electron chi connectivity index (χ4n) is 5.90. The van der Waals surface area contributed by atoms with Crippen molar-refractivity contribution in [3.63, 3.8) is 0 Å². The molecule has 0 unspecified atom stereocenters. The maximum absolute atomic E-state index is 6.15. The molecule has 1 heterocycles. The predicted molar refractivity (Wildman–Crippen MR) is 161 cm³/mol. The average molecular weight is 486 g/mol. The molecule has 7 aromatic carbocycles. The molecule has 0 N–H and O–H groups in total. The molecule has 38 heavy (non-hydrogen) atoms. The van der Waals surface area contributed by atoms with Crippen molar-refractivity contribution in [1.82, 2.24) is 0 Å². The Hall–Kier alpha value is -5.08. The van der Waals surface area contributed by atoms with Crippen molar-refractivity contribution in [3.8, 4) is 0 Å². The van der Waals surface area contributed by atoms with Crippen molar-refractivity contribution in [2.75, 3.05) is 4.90 Å². The van der Waals surface area contributed by atoms with Gasteiger partial charge in [-0.2, -0.15) is 0 Å². The van der Waals surface area contributed by atoms with Gasteiger partial charge in [0.15, 0.2) is 0 Å². The van der Waals surface area contributed by atoms with Crippen LogP contribution in [0.4, 0.5) is 17.1 Å². The minimum Gasteiger partial charge on any atom is -0.456 e. The van der Waals surface area contributed by atoms with Crippen LogP contribution in [0.25, 0.3) is 54.3 Å². The van der Waals surface area contributed by atoms with Gasteiger partial charge >= 0.3 is 0 Å². The Morgan fingerprint density at radius 2 is 1.05 bits per heavy atom. The molecule has 0 fully saturated rings. The van der Waals surface area contributed by atoms with Crippen LogP contribution in [0.1, 0.15) is 0 Å². The zero-order valence-corrected chi connectivity index (χ0v) is 20.6. The maximum Gasteiger partial charge on any atom is 0.135 e. The van der Waals surface area contributed by atoms with Gasteiger partial charge in [-0.15, -0.1) is 0 Å². The first-order chi connectivity index (χ1) is 18.8. The molecule has 0 saturated heterocycles. The zero-order valence-electron chi connectivity index (χ0n) is 20.6. The van der Waals surface area contributed by atoms with Crippen LogP contribution in [0.3, 0.4) is 0 Å². The second-order valence-corrected chi connectivity index (χ2v) is 9.78. The fourth-order valence-corrected chi connectivity index (χ4v) is 5.90. The molecule has 2 heteroatoms. The van der Waals surface area contributed by atoms with E-state index in [1.807, 2.05) is 12.1 Å². The number of hydrogen-bond acceptors (Lipinski definition) is 2. The molecule has 0 amide bonds. The summed E-state index contributed by atoms with van der Waals surface area (Å²) in [6, 6.07) is 49.7. The molecule has 2 nitrogen and oxygen atoms in total. The standard InChI is InChI=1S/C36H23NO/c1-2-11-26(12-3-1)37(27-20-21-35-32(23-27)30-15-8-9-17-34(30)38-35)33-22-25-19-18-24-10-4-5-13-28(24)36(25)31-16-7-6-14-29(31)33/h1-23H. The highest BCUT2D eigenvalue weighted by atomic mass is 16.3. The second-order valence-electron chi connectivity index (χ2n) is 9.78. The highest BCUT2D eigenvalue weighted by Crippen LogP contribution is 2.44. The Morgan fingerprint density at radius 3 is 1.92 bits per heavy atom. The van der Waals surface area contributed by atoms with Crippen LogP contribution < -0.4 is 4.90 Å². The molecule has 0 saturated carbocycles. The predicted octanol–water partition coefficient (Wildman–Crippen LogP) is 10.5. The molecular weight excluding hydrogens is 462 g/mol.